The van der Waals surface area contributed by atoms with Crippen molar-refractivity contribution >= 4 is 28.9 Å². The molecule has 1 fully saturated rings. The maximum Gasteiger partial charge on any atom is 0.226 e. The van der Waals surface area contributed by atoms with Crippen molar-refractivity contribution in [1.82, 2.24) is 15.2 Å². The van der Waals surface area contributed by atoms with Crippen molar-refractivity contribution in [3.05, 3.63) is 107 Å². The molecule has 3 heterocycles. The highest BCUT2D eigenvalue weighted by atomic mass is 32.1. The quantitative estimate of drug-likeness (QED) is 0.291. The first-order valence-electron chi connectivity index (χ1n) is 12.1. The fraction of sp³-hybridized carbons (Fsp3) is 0.207. The largest absolute Gasteiger partial charge is 0.459 e. The second-order valence-electron chi connectivity index (χ2n) is 9.15. The van der Waals surface area contributed by atoms with Crippen LogP contribution in [0.25, 0.3) is 11.3 Å². The van der Waals surface area contributed by atoms with Crippen LogP contribution in [-0.4, -0.2) is 27.4 Å². The van der Waals surface area contributed by atoms with E-state index in [4.69, 9.17) is 16.6 Å². The molecule has 0 radical (unpaired) electrons. The van der Waals surface area contributed by atoms with Crippen LogP contribution in [0.4, 0.5) is 10.1 Å². The van der Waals surface area contributed by atoms with Gasteiger partial charge in [-0.3, -0.25) is 9.78 Å². The first-order chi connectivity index (χ1) is 17.9. The van der Waals surface area contributed by atoms with Crippen molar-refractivity contribution in [3.63, 3.8) is 0 Å². The lowest BCUT2D eigenvalue weighted by atomic mass is 10.0. The molecule has 1 saturated heterocycles. The van der Waals surface area contributed by atoms with Gasteiger partial charge in [0.05, 0.1) is 11.7 Å². The van der Waals surface area contributed by atoms with Crippen LogP contribution < -0.4 is 10.6 Å². The topological polar surface area (TPSA) is 70.4 Å². The van der Waals surface area contributed by atoms with Crippen molar-refractivity contribution in [3.8, 4) is 11.3 Å². The third-order valence-corrected chi connectivity index (χ3v) is 6.84. The number of hydrogen-bond acceptors (Lipinski definition) is 4. The number of nitrogens with zero attached hydrogens (tertiary/aromatic N) is 2. The number of thiocarbonyl (C=S) groups is 1. The Morgan fingerprint density at radius 1 is 1.11 bits per heavy atom. The first kappa shape index (κ1) is 24.6. The van der Waals surface area contributed by atoms with Crippen LogP contribution in [0.2, 0.25) is 0 Å². The molecule has 2 aromatic heterocycles. The summed E-state index contributed by atoms with van der Waals surface area (Å²) < 4.78 is 19.7. The molecule has 0 aliphatic carbocycles. The van der Waals surface area contributed by atoms with Gasteiger partial charge in [0.1, 0.15) is 23.4 Å². The third-order valence-electron chi connectivity index (χ3n) is 6.49. The van der Waals surface area contributed by atoms with Crippen LogP contribution in [0.3, 0.4) is 0 Å². The van der Waals surface area contributed by atoms with E-state index in [0.29, 0.717) is 23.2 Å². The van der Waals surface area contributed by atoms with Crippen molar-refractivity contribution < 1.29 is 13.6 Å². The number of pyridine rings is 1. The summed E-state index contributed by atoms with van der Waals surface area (Å²) in [6, 6.07) is 21.1. The van der Waals surface area contributed by atoms with E-state index in [1.54, 1.807) is 18.3 Å². The Balaban J connectivity index is 1.39. The van der Waals surface area contributed by atoms with Crippen LogP contribution in [-0.2, 0) is 4.79 Å². The van der Waals surface area contributed by atoms with Gasteiger partial charge in [-0.15, -0.1) is 0 Å². The van der Waals surface area contributed by atoms with Gasteiger partial charge in [-0.25, -0.2) is 4.39 Å². The van der Waals surface area contributed by atoms with Gasteiger partial charge in [-0.05, 0) is 91.8 Å². The molecule has 1 aliphatic heterocycles. The second-order valence-corrected chi connectivity index (χ2v) is 9.53. The summed E-state index contributed by atoms with van der Waals surface area (Å²) in [7, 11) is 0. The maximum atomic E-state index is 13.4. The number of halogens is 1. The van der Waals surface area contributed by atoms with Gasteiger partial charge in [0.2, 0.25) is 5.91 Å². The fourth-order valence-electron chi connectivity index (χ4n) is 4.54. The van der Waals surface area contributed by atoms with Crippen molar-refractivity contribution in [2.45, 2.75) is 32.4 Å². The number of furan rings is 1. The second kappa shape index (κ2) is 10.5. The Morgan fingerprint density at radius 3 is 2.68 bits per heavy atom. The zero-order valence-corrected chi connectivity index (χ0v) is 21.4. The third kappa shape index (κ3) is 5.39. The lowest BCUT2D eigenvalue weighted by molar-refractivity contribution is -0.116. The summed E-state index contributed by atoms with van der Waals surface area (Å²) in [6.07, 6.45) is 1.98. The predicted molar refractivity (Wildman–Crippen MR) is 145 cm³/mol. The first-order valence-corrected chi connectivity index (χ1v) is 12.5. The fourth-order valence-corrected chi connectivity index (χ4v) is 4.87. The molecule has 2 N–H and O–H groups in total. The van der Waals surface area contributed by atoms with E-state index in [-0.39, 0.29) is 30.2 Å². The summed E-state index contributed by atoms with van der Waals surface area (Å²) in [6.45, 7) is 4.36. The summed E-state index contributed by atoms with van der Waals surface area (Å²) in [4.78, 5) is 19.4. The van der Waals surface area contributed by atoms with E-state index in [2.05, 4.69) is 15.6 Å². The molecule has 4 aromatic rings. The highest BCUT2D eigenvalue weighted by Gasteiger charge is 2.41. The average molecular weight is 515 g/mol. The van der Waals surface area contributed by atoms with Crippen LogP contribution in [0.15, 0.2) is 83.4 Å². The summed E-state index contributed by atoms with van der Waals surface area (Å²) >= 11 is 5.70. The number of hydrogen-bond donors (Lipinski definition) is 2. The Kier molecular flexibility index (Phi) is 7.01. The number of aryl methyl sites for hydroxylation is 2. The number of amides is 1. The normalized spacial score (nSPS) is 17.1. The smallest absolute Gasteiger partial charge is 0.226 e. The molecule has 0 unspecified atom stereocenters. The highest BCUT2D eigenvalue weighted by Crippen LogP contribution is 2.40. The molecule has 2 aromatic carbocycles. The standard InChI is InChI=1S/C29H27FN4O2S/c1-18-6-7-19(2)23(17-18)32-26(35)14-16-34-28(27(33-29(34)37)22-5-3-4-15-31-22)25-13-12-24(36-25)20-8-10-21(30)11-9-20/h3-13,15,17,27-28H,14,16H2,1-2H3,(H,32,35)(H,33,37)/t27-,28+/m0/s1. The number of anilines is 1. The molecule has 2 atom stereocenters. The minimum absolute atomic E-state index is 0.0945. The molecule has 0 bridgehead atoms. The molecule has 188 valence electrons. The highest BCUT2D eigenvalue weighted by molar-refractivity contribution is 7.80. The maximum absolute atomic E-state index is 13.4. The Bertz CT molecular complexity index is 1420. The number of aromatic nitrogens is 1. The Morgan fingerprint density at radius 2 is 1.92 bits per heavy atom. The molecule has 1 amide bonds. The molecule has 5 rings (SSSR count). The summed E-state index contributed by atoms with van der Waals surface area (Å²) in [5, 5.41) is 6.92. The van der Waals surface area contributed by atoms with Crippen molar-refractivity contribution in [2.24, 2.45) is 0 Å². The van der Waals surface area contributed by atoms with Crippen molar-refractivity contribution in [1.29, 1.82) is 0 Å². The van der Waals surface area contributed by atoms with Crippen molar-refractivity contribution in [2.75, 3.05) is 11.9 Å². The zero-order valence-electron chi connectivity index (χ0n) is 20.6. The predicted octanol–water partition coefficient (Wildman–Crippen LogP) is 6.10. The Labute approximate surface area is 220 Å². The van der Waals surface area contributed by atoms with Gasteiger partial charge in [-0.1, -0.05) is 18.2 Å². The number of nitrogens with one attached hydrogen (secondary N) is 2. The minimum atomic E-state index is -0.315. The van der Waals surface area contributed by atoms with E-state index < -0.39 is 0 Å². The number of benzene rings is 2. The molecular formula is C29H27FN4O2S. The van der Waals surface area contributed by atoms with Gasteiger partial charge in [0, 0.05) is 30.4 Å². The zero-order chi connectivity index (χ0) is 25.9. The van der Waals surface area contributed by atoms with Gasteiger partial charge in [-0.2, -0.15) is 0 Å². The SMILES string of the molecule is Cc1ccc(C)c(NC(=O)CCN2C(=S)N[C@@H](c3ccccn3)[C@H]2c2ccc(-c3ccc(F)cc3)o2)c1. The number of carbonyl (C=O) groups excluding carboxylic acids is 1. The minimum Gasteiger partial charge on any atom is -0.459 e. The number of carbonyl (C=O) groups is 1. The van der Waals surface area contributed by atoms with E-state index in [0.717, 1.165) is 28.1 Å². The average Bonchev–Trinajstić information content (AvgIpc) is 3.50. The van der Waals surface area contributed by atoms with E-state index in [1.807, 2.05) is 67.3 Å². The van der Waals surface area contributed by atoms with E-state index in [1.165, 1.54) is 12.1 Å². The molecule has 8 heteroatoms. The van der Waals surface area contributed by atoms with Gasteiger partial charge in [0.25, 0.3) is 0 Å². The van der Waals surface area contributed by atoms with E-state index >= 15 is 0 Å². The monoisotopic (exact) mass is 514 g/mol. The molecular weight excluding hydrogens is 487 g/mol. The molecule has 0 saturated carbocycles. The van der Waals surface area contributed by atoms with Crippen LogP contribution in [0, 0.1) is 19.7 Å². The molecule has 1 aliphatic rings. The molecule has 37 heavy (non-hydrogen) atoms. The molecule has 6 nitrogen and oxygen atoms in total. The summed E-state index contributed by atoms with van der Waals surface area (Å²) in [5.41, 5.74) is 4.49. The lowest BCUT2D eigenvalue weighted by Gasteiger charge is -2.26. The van der Waals surface area contributed by atoms with Crippen LogP contribution in [0.5, 0.6) is 0 Å². The van der Waals surface area contributed by atoms with Crippen LogP contribution in [0.1, 0.15) is 41.1 Å². The van der Waals surface area contributed by atoms with Crippen LogP contribution >= 0.6 is 12.2 Å². The van der Waals surface area contributed by atoms with Gasteiger partial charge in [0.15, 0.2) is 5.11 Å². The lowest BCUT2D eigenvalue weighted by Crippen LogP contribution is -2.32. The van der Waals surface area contributed by atoms with Gasteiger partial charge < -0.3 is 20.0 Å². The molecule has 0 spiro atoms. The number of rotatable bonds is 7. The Hall–Kier alpha value is -4.04. The summed E-state index contributed by atoms with van der Waals surface area (Å²) in [5.74, 6) is 0.904. The van der Waals surface area contributed by atoms with E-state index in [9.17, 15) is 9.18 Å². The van der Waals surface area contributed by atoms with Gasteiger partial charge >= 0.3 is 0 Å².